The standard InChI is InChI=1S/C17H28BNO3/c1-16(2,20)17(3,4)22-18(21)15-9-7-8-14(12-15)13-19-10-5-6-11-19/h7-9,12,20-21H,5-6,10-11,13H2,1-4H3. The van der Waals surface area contributed by atoms with E-state index < -0.39 is 18.3 Å². The minimum Gasteiger partial charge on any atom is -0.423 e. The second kappa shape index (κ2) is 6.71. The van der Waals surface area contributed by atoms with Crippen LogP contribution in [0.15, 0.2) is 24.3 Å². The van der Waals surface area contributed by atoms with Crippen molar-refractivity contribution in [3.8, 4) is 0 Å². The molecule has 1 heterocycles. The van der Waals surface area contributed by atoms with Crippen molar-refractivity contribution in [2.45, 2.75) is 58.3 Å². The van der Waals surface area contributed by atoms with Crippen molar-refractivity contribution in [2.24, 2.45) is 0 Å². The van der Waals surface area contributed by atoms with E-state index in [1.807, 2.05) is 18.2 Å². The summed E-state index contributed by atoms with van der Waals surface area (Å²) in [6.45, 7) is 10.1. The van der Waals surface area contributed by atoms with Crippen LogP contribution in [0.2, 0.25) is 0 Å². The number of hydrogen-bond donors (Lipinski definition) is 2. The Morgan fingerprint density at radius 3 is 2.41 bits per heavy atom. The van der Waals surface area contributed by atoms with Crippen LogP contribution in [0, 0.1) is 0 Å². The molecule has 0 saturated carbocycles. The average molecular weight is 305 g/mol. The molecule has 0 radical (unpaired) electrons. The summed E-state index contributed by atoms with van der Waals surface area (Å²) in [5, 5.41) is 20.5. The molecule has 2 rings (SSSR count). The first-order valence-electron chi connectivity index (χ1n) is 8.08. The third-order valence-corrected chi connectivity index (χ3v) is 4.72. The molecule has 22 heavy (non-hydrogen) atoms. The molecule has 4 nitrogen and oxygen atoms in total. The van der Waals surface area contributed by atoms with Crippen molar-refractivity contribution < 1.29 is 14.8 Å². The second-order valence-corrected chi connectivity index (χ2v) is 7.27. The molecule has 0 spiro atoms. The van der Waals surface area contributed by atoms with Gasteiger partial charge in [-0.2, -0.15) is 0 Å². The molecule has 1 aromatic carbocycles. The first-order valence-corrected chi connectivity index (χ1v) is 8.08. The van der Waals surface area contributed by atoms with Gasteiger partial charge in [0.1, 0.15) is 0 Å². The lowest BCUT2D eigenvalue weighted by Gasteiger charge is -2.38. The van der Waals surface area contributed by atoms with Gasteiger partial charge in [0.25, 0.3) is 0 Å². The van der Waals surface area contributed by atoms with E-state index in [0.717, 1.165) is 25.1 Å². The molecule has 5 heteroatoms. The summed E-state index contributed by atoms with van der Waals surface area (Å²) in [7, 11) is -1.04. The predicted molar refractivity (Wildman–Crippen MR) is 90.0 cm³/mol. The summed E-state index contributed by atoms with van der Waals surface area (Å²) in [5.74, 6) is 0. The van der Waals surface area contributed by atoms with E-state index in [0.29, 0.717) is 0 Å². The molecule has 0 bridgehead atoms. The molecule has 2 N–H and O–H groups in total. The number of benzene rings is 1. The topological polar surface area (TPSA) is 52.9 Å². The smallest absolute Gasteiger partial charge is 0.423 e. The van der Waals surface area contributed by atoms with Crippen LogP contribution in [0.4, 0.5) is 0 Å². The van der Waals surface area contributed by atoms with E-state index in [1.54, 1.807) is 27.7 Å². The highest BCUT2D eigenvalue weighted by molar-refractivity contribution is 6.60. The van der Waals surface area contributed by atoms with Crippen LogP contribution in [0.1, 0.15) is 46.1 Å². The van der Waals surface area contributed by atoms with Crippen LogP contribution in [0.3, 0.4) is 0 Å². The van der Waals surface area contributed by atoms with Crippen molar-refractivity contribution in [3.63, 3.8) is 0 Å². The number of aliphatic hydroxyl groups is 1. The minimum absolute atomic E-state index is 0.731. The van der Waals surface area contributed by atoms with Crippen molar-refractivity contribution in [1.29, 1.82) is 0 Å². The van der Waals surface area contributed by atoms with E-state index in [-0.39, 0.29) is 0 Å². The molecule has 122 valence electrons. The lowest BCUT2D eigenvalue weighted by Crippen LogP contribution is -2.53. The van der Waals surface area contributed by atoms with Crippen molar-refractivity contribution >= 4 is 12.6 Å². The molecule has 1 saturated heterocycles. The van der Waals surface area contributed by atoms with Crippen LogP contribution in [-0.2, 0) is 11.2 Å². The third-order valence-electron chi connectivity index (χ3n) is 4.72. The van der Waals surface area contributed by atoms with Gasteiger partial charge in [-0.1, -0.05) is 24.3 Å². The highest BCUT2D eigenvalue weighted by atomic mass is 16.5. The minimum atomic E-state index is -1.04. The monoisotopic (exact) mass is 305 g/mol. The fourth-order valence-corrected chi connectivity index (χ4v) is 2.54. The van der Waals surface area contributed by atoms with Crippen LogP contribution in [-0.4, -0.2) is 46.4 Å². The Labute approximate surface area is 134 Å². The molecule has 1 fully saturated rings. The maximum Gasteiger partial charge on any atom is 0.491 e. The summed E-state index contributed by atoms with van der Waals surface area (Å²) < 4.78 is 5.71. The van der Waals surface area contributed by atoms with Gasteiger partial charge in [-0.25, -0.2) is 0 Å². The van der Waals surface area contributed by atoms with Gasteiger partial charge in [0, 0.05) is 6.54 Å². The summed E-state index contributed by atoms with van der Waals surface area (Å²) in [6.07, 6.45) is 2.54. The molecule has 1 aliphatic heterocycles. The SMILES string of the molecule is CC(C)(O)C(C)(C)OB(O)c1cccc(CN2CCCC2)c1. The lowest BCUT2D eigenvalue weighted by molar-refractivity contribution is -0.0982. The third kappa shape index (κ3) is 4.32. The number of nitrogens with zero attached hydrogens (tertiary/aromatic N) is 1. The van der Waals surface area contributed by atoms with Gasteiger partial charge in [-0.05, 0) is 64.7 Å². The average Bonchev–Trinajstić information content (AvgIpc) is 2.90. The zero-order valence-electron chi connectivity index (χ0n) is 14.2. The van der Waals surface area contributed by atoms with E-state index in [2.05, 4.69) is 11.0 Å². The first kappa shape index (κ1) is 17.5. The number of likely N-dealkylation sites (tertiary alicyclic amines) is 1. The summed E-state index contributed by atoms with van der Waals surface area (Å²) in [6, 6.07) is 7.88. The Morgan fingerprint density at radius 2 is 1.82 bits per heavy atom. The van der Waals surface area contributed by atoms with Gasteiger partial charge in [-0.3, -0.25) is 4.90 Å². The van der Waals surface area contributed by atoms with E-state index in [9.17, 15) is 10.1 Å². The fourth-order valence-electron chi connectivity index (χ4n) is 2.54. The van der Waals surface area contributed by atoms with Crippen LogP contribution in [0.5, 0.6) is 0 Å². The van der Waals surface area contributed by atoms with Crippen molar-refractivity contribution in [2.75, 3.05) is 13.1 Å². The molecular weight excluding hydrogens is 277 g/mol. The fraction of sp³-hybridized carbons (Fsp3) is 0.647. The van der Waals surface area contributed by atoms with Crippen LogP contribution >= 0.6 is 0 Å². The first-order chi connectivity index (χ1) is 10.2. The van der Waals surface area contributed by atoms with Crippen LogP contribution < -0.4 is 5.46 Å². The van der Waals surface area contributed by atoms with Gasteiger partial charge in [-0.15, -0.1) is 0 Å². The van der Waals surface area contributed by atoms with E-state index in [1.165, 1.54) is 18.4 Å². The van der Waals surface area contributed by atoms with Crippen LogP contribution in [0.25, 0.3) is 0 Å². The van der Waals surface area contributed by atoms with Gasteiger partial charge in [0.15, 0.2) is 0 Å². The zero-order valence-corrected chi connectivity index (χ0v) is 14.2. The number of rotatable bonds is 6. The van der Waals surface area contributed by atoms with E-state index >= 15 is 0 Å². The Hall–Kier alpha value is -0.875. The maximum absolute atomic E-state index is 10.4. The quantitative estimate of drug-likeness (QED) is 0.783. The highest BCUT2D eigenvalue weighted by Gasteiger charge is 2.39. The molecular formula is C17H28BNO3. The molecule has 1 aliphatic rings. The van der Waals surface area contributed by atoms with Crippen molar-refractivity contribution in [1.82, 2.24) is 4.90 Å². The molecule has 1 aromatic rings. The summed E-state index contributed by atoms with van der Waals surface area (Å²) in [4.78, 5) is 2.42. The Bertz CT molecular complexity index is 493. The molecule has 0 amide bonds. The molecule has 0 aromatic heterocycles. The van der Waals surface area contributed by atoms with E-state index in [4.69, 9.17) is 4.65 Å². The summed E-state index contributed by atoms with van der Waals surface area (Å²) >= 11 is 0. The van der Waals surface area contributed by atoms with Gasteiger partial charge >= 0.3 is 7.12 Å². The summed E-state index contributed by atoms with van der Waals surface area (Å²) in [5.41, 5.74) is 0.0237. The Kier molecular flexibility index (Phi) is 5.33. The van der Waals surface area contributed by atoms with Gasteiger partial charge < -0.3 is 14.8 Å². The molecule has 0 atom stereocenters. The Balaban J connectivity index is 2.05. The second-order valence-electron chi connectivity index (χ2n) is 7.27. The molecule has 0 unspecified atom stereocenters. The highest BCUT2D eigenvalue weighted by Crippen LogP contribution is 2.25. The van der Waals surface area contributed by atoms with Gasteiger partial charge in [0.2, 0.25) is 0 Å². The number of hydrogen-bond acceptors (Lipinski definition) is 4. The maximum atomic E-state index is 10.4. The van der Waals surface area contributed by atoms with Crippen molar-refractivity contribution in [3.05, 3.63) is 29.8 Å². The zero-order chi connectivity index (χ0) is 16.4. The molecule has 0 aliphatic carbocycles. The van der Waals surface area contributed by atoms with Gasteiger partial charge in [0.05, 0.1) is 11.2 Å². The Morgan fingerprint density at radius 1 is 1.18 bits per heavy atom. The predicted octanol–water partition coefficient (Wildman–Crippen LogP) is 1.54. The normalized spacial score (nSPS) is 17.0. The largest absolute Gasteiger partial charge is 0.491 e. The lowest BCUT2D eigenvalue weighted by atomic mass is 9.76.